The zero-order valence-electron chi connectivity index (χ0n) is 9.44. The van der Waals surface area contributed by atoms with Crippen LogP contribution >= 0.6 is 0 Å². The van der Waals surface area contributed by atoms with Gasteiger partial charge in [0.05, 0.1) is 0 Å². The molecule has 1 saturated heterocycles. The maximum atomic E-state index is 12.0. The molecule has 16 heavy (non-hydrogen) atoms. The number of carbonyl (C=O) groups is 1. The second-order valence-electron chi connectivity index (χ2n) is 3.97. The lowest BCUT2D eigenvalue weighted by Gasteiger charge is -2.23. The molecule has 1 aliphatic rings. The Bertz CT molecular complexity index is 331. The van der Waals surface area contributed by atoms with Crippen LogP contribution in [0.15, 0.2) is 6.33 Å². The number of H-pyrrole nitrogens is 1. The number of aromatic nitrogens is 3. The number of hydrogen-bond acceptors (Lipinski definition) is 4. The van der Waals surface area contributed by atoms with Gasteiger partial charge in [-0.3, -0.25) is 9.89 Å². The second-order valence-corrected chi connectivity index (χ2v) is 3.97. The van der Waals surface area contributed by atoms with Crippen LogP contribution in [0.2, 0.25) is 0 Å². The van der Waals surface area contributed by atoms with Gasteiger partial charge >= 0.3 is 0 Å². The highest BCUT2D eigenvalue weighted by atomic mass is 16.2. The molecule has 6 nitrogen and oxygen atoms in total. The van der Waals surface area contributed by atoms with Crippen LogP contribution in [-0.2, 0) is 0 Å². The summed E-state index contributed by atoms with van der Waals surface area (Å²) in [6, 6.07) is 0.423. The minimum Gasteiger partial charge on any atom is -0.335 e. The zero-order valence-corrected chi connectivity index (χ0v) is 9.44. The van der Waals surface area contributed by atoms with Gasteiger partial charge in [0.25, 0.3) is 5.91 Å². The van der Waals surface area contributed by atoms with Gasteiger partial charge in [0.15, 0.2) is 0 Å². The monoisotopic (exact) mass is 223 g/mol. The lowest BCUT2D eigenvalue weighted by atomic mass is 10.2. The molecule has 0 bridgehead atoms. The normalized spacial score (nSPS) is 19.9. The van der Waals surface area contributed by atoms with Crippen LogP contribution in [0.5, 0.6) is 0 Å². The first-order chi connectivity index (χ1) is 7.81. The Balaban J connectivity index is 1.96. The van der Waals surface area contributed by atoms with E-state index in [2.05, 4.69) is 20.5 Å². The van der Waals surface area contributed by atoms with E-state index in [9.17, 15) is 4.79 Å². The van der Waals surface area contributed by atoms with E-state index in [0.29, 0.717) is 18.4 Å². The summed E-state index contributed by atoms with van der Waals surface area (Å²) in [5.41, 5.74) is 0. The Hall–Kier alpha value is -1.43. The number of carbonyl (C=O) groups excluding carboxylic acids is 1. The average molecular weight is 223 g/mol. The van der Waals surface area contributed by atoms with Gasteiger partial charge in [-0.05, 0) is 26.3 Å². The first-order valence-corrected chi connectivity index (χ1v) is 5.69. The van der Waals surface area contributed by atoms with Gasteiger partial charge in [-0.25, -0.2) is 4.98 Å². The predicted molar refractivity (Wildman–Crippen MR) is 59.0 cm³/mol. The van der Waals surface area contributed by atoms with Crippen LogP contribution in [0, 0.1) is 0 Å². The van der Waals surface area contributed by atoms with Crippen molar-refractivity contribution < 1.29 is 4.79 Å². The molecule has 0 radical (unpaired) electrons. The van der Waals surface area contributed by atoms with E-state index in [1.54, 1.807) is 4.90 Å². The Kier molecular flexibility index (Phi) is 3.51. The summed E-state index contributed by atoms with van der Waals surface area (Å²) < 4.78 is 0. The molecule has 1 aliphatic heterocycles. The van der Waals surface area contributed by atoms with Crippen LogP contribution in [0.1, 0.15) is 30.4 Å². The standard InChI is InChI=1S/C10H17N5O/c1-2-15(6-8-4-3-5-11-8)10(16)9-12-7-13-14-9/h7-8,11H,2-6H2,1H3,(H,12,13,14). The molecule has 0 aliphatic carbocycles. The molecule has 2 heterocycles. The molecule has 0 aromatic carbocycles. The van der Waals surface area contributed by atoms with Crippen molar-refractivity contribution in [3.8, 4) is 0 Å². The molecular weight excluding hydrogens is 206 g/mol. The van der Waals surface area contributed by atoms with Crippen molar-refractivity contribution in [2.24, 2.45) is 0 Å². The summed E-state index contributed by atoms with van der Waals surface area (Å²) in [7, 11) is 0. The zero-order chi connectivity index (χ0) is 11.4. The highest BCUT2D eigenvalue weighted by Gasteiger charge is 2.22. The smallest absolute Gasteiger partial charge is 0.291 e. The molecule has 88 valence electrons. The third-order valence-electron chi connectivity index (χ3n) is 2.89. The lowest BCUT2D eigenvalue weighted by Crippen LogP contribution is -2.41. The first kappa shape index (κ1) is 11.1. The number of aromatic amines is 1. The summed E-state index contributed by atoms with van der Waals surface area (Å²) in [6.07, 6.45) is 3.69. The third kappa shape index (κ3) is 2.38. The fraction of sp³-hybridized carbons (Fsp3) is 0.700. The maximum absolute atomic E-state index is 12.0. The summed E-state index contributed by atoms with van der Waals surface area (Å²) >= 11 is 0. The van der Waals surface area contributed by atoms with Crippen molar-refractivity contribution >= 4 is 5.91 Å². The Morgan fingerprint density at radius 1 is 1.69 bits per heavy atom. The average Bonchev–Trinajstić information content (AvgIpc) is 2.97. The molecule has 1 atom stereocenters. The summed E-state index contributed by atoms with van der Waals surface area (Å²) in [5.74, 6) is 0.244. The second kappa shape index (κ2) is 5.07. The van der Waals surface area contributed by atoms with E-state index in [4.69, 9.17) is 0 Å². The van der Waals surface area contributed by atoms with Gasteiger partial charge in [0.2, 0.25) is 5.82 Å². The lowest BCUT2D eigenvalue weighted by molar-refractivity contribution is 0.0739. The maximum Gasteiger partial charge on any atom is 0.291 e. The number of nitrogens with one attached hydrogen (secondary N) is 2. The topological polar surface area (TPSA) is 73.9 Å². The van der Waals surface area contributed by atoms with Crippen molar-refractivity contribution in [1.29, 1.82) is 0 Å². The van der Waals surface area contributed by atoms with Gasteiger partial charge in [0, 0.05) is 19.1 Å². The van der Waals surface area contributed by atoms with Crippen molar-refractivity contribution in [3.05, 3.63) is 12.2 Å². The number of amides is 1. The Labute approximate surface area is 94.4 Å². The highest BCUT2D eigenvalue weighted by molar-refractivity contribution is 5.90. The van der Waals surface area contributed by atoms with Crippen molar-refractivity contribution in [2.45, 2.75) is 25.8 Å². The van der Waals surface area contributed by atoms with Gasteiger partial charge in [-0.15, -0.1) is 0 Å². The summed E-state index contributed by atoms with van der Waals surface area (Å²) in [5, 5.41) is 9.68. The quantitative estimate of drug-likeness (QED) is 0.754. The minimum atomic E-state index is -0.0753. The van der Waals surface area contributed by atoms with E-state index in [-0.39, 0.29) is 5.91 Å². The highest BCUT2D eigenvalue weighted by Crippen LogP contribution is 2.08. The van der Waals surface area contributed by atoms with E-state index in [0.717, 1.165) is 19.5 Å². The van der Waals surface area contributed by atoms with Crippen LogP contribution in [0.4, 0.5) is 0 Å². The van der Waals surface area contributed by atoms with E-state index < -0.39 is 0 Å². The molecule has 1 aromatic heterocycles. The van der Waals surface area contributed by atoms with Gasteiger partial charge in [-0.2, -0.15) is 5.10 Å². The number of rotatable bonds is 4. The first-order valence-electron chi connectivity index (χ1n) is 5.69. The molecular formula is C10H17N5O. The molecule has 1 unspecified atom stereocenters. The van der Waals surface area contributed by atoms with Gasteiger partial charge in [0.1, 0.15) is 6.33 Å². The van der Waals surface area contributed by atoms with E-state index >= 15 is 0 Å². The fourth-order valence-corrected chi connectivity index (χ4v) is 1.99. The molecule has 1 amide bonds. The number of hydrogen-bond donors (Lipinski definition) is 2. The SMILES string of the molecule is CCN(CC1CCCN1)C(=O)c1ncn[nH]1. The molecule has 0 saturated carbocycles. The molecule has 0 spiro atoms. The van der Waals surface area contributed by atoms with Crippen LogP contribution in [-0.4, -0.2) is 51.7 Å². The largest absolute Gasteiger partial charge is 0.335 e. The summed E-state index contributed by atoms with van der Waals surface area (Å²) in [4.78, 5) is 17.7. The van der Waals surface area contributed by atoms with Gasteiger partial charge in [-0.1, -0.05) is 0 Å². The van der Waals surface area contributed by atoms with Gasteiger partial charge < -0.3 is 10.2 Å². The molecule has 2 rings (SSSR count). The number of nitrogens with zero attached hydrogens (tertiary/aromatic N) is 3. The van der Waals surface area contributed by atoms with Crippen molar-refractivity contribution in [3.63, 3.8) is 0 Å². The minimum absolute atomic E-state index is 0.0753. The fourth-order valence-electron chi connectivity index (χ4n) is 1.99. The van der Waals surface area contributed by atoms with Crippen LogP contribution < -0.4 is 5.32 Å². The van der Waals surface area contributed by atoms with E-state index in [1.807, 2.05) is 6.92 Å². The van der Waals surface area contributed by atoms with Crippen molar-refractivity contribution in [2.75, 3.05) is 19.6 Å². The van der Waals surface area contributed by atoms with E-state index in [1.165, 1.54) is 12.7 Å². The van der Waals surface area contributed by atoms with Crippen molar-refractivity contribution in [1.82, 2.24) is 25.4 Å². The Morgan fingerprint density at radius 2 is 2.56 bits per heavy atom. The summed E-state index contributed by atoms with van der Waals surface area (Å²) in [6.45, 7) is 4.47. The molecule has 1 aromatic rings. The predicted octanol–water partition coefficient (Wildman–Crippen LogP) is 0.0188. The molecule has 2 N–H and O–H groups in total. The third-order valence-corrected chi connectivity index (χ3v) is 2.89. The Morgan fingerprint density at radius 3 is 3.12 bits per heavy atom. The molecule has 1 fully saturated rings. The number of likely N-dealkylation sites (N-methyl/N-ethyl adjacent to an activating group) is 1. The van der Waals surface area contributed by atoms with Crippen LogP contribution in [0.3, 0.4) is 0 Å². The van der Waals surface area contributed by atoms with Crippen LogP contribution in [0.25, 0.3) is 0 Å². The molecule has 6 heteroatoms.